The molecule has 1 saturated carbocycles. The van der Waals surface area contributed by atoms with Gasteiger partial charge in [-0.1, -0.05) is 18.6 Å². The van der Waals surface area contributed by atoms with E-state index >= 15 is 0 Å². The topological polar surface area (TPSA) is 71.5 Å². The van der Waals surface area contributed by atoms with Crippen LogP contribution in [0.15, 0.2) is 42.6 Å². The molecule has 3 amide bonds. The van der Waals surface area contributed by atoms with Gasteiger partial charge in [0.15, 0.2) is 0 Å². The number of halogens is 1. The highest BCUT2D eigenvalue weighted by Crippen LogP contribution is 2.24. The van der Waals surface area contributed by atoms with Gasteiger partial charge < -0.3 is 10.1 Å². The Morgan fingerprint density at radius 1 is 1.07 bits per heavy atom. The standard InChI is InChI=1S/C23H26FN3O3/c24-19-8-6-16(7-9-19)12-18-14-26-23(29)27(22(18)28)15-17-10-11-25-21(13-17)30-20-4-2-1-3-5-20/h6-11,13,18,20H,1-5,12,14-15H2,(H,26,29). The molecule has 2 aliphatic rings. The monoisotopic (exact) mass is 411 g/mol. The Balaban J connectivity index is 1.42. The molecule has 1 N–H and O–H groups in total. The Bertz CT molecular complexity index is 897. The van der Waals surface area contributed by atoms with Gasteiger partial charge in [-0.15, -0.1) is 0 Å². The number of rotatable bonds is 6. The molecule has 1 aromatic heterocycles. The maximum atomic E-state index is 13.1. The molecule has 6 nitrogen and oxygen atoms in total. The van der Waals surface area contributed by atoms with E-state index in [0.717, 1.165) is 24.0 Å². The highest BCUT2D eigenvalue weighted by Gasteiger charge is 2.34. The summed E-state index contributed by atoms with van der Waals surface area (Å²) in [4.78, 5) is 30.8. The van der Waals surface area contributed by atoms with Crippen LogP contribution in [-0.2, 0) is 17.8 Å². The van der Waals surface area contributed by atoms with Crippen LogP contribution in [0.1, 0.15) is 43.2 Å². The van der Waals surface area contributed by atoms with Crippen molar-refractivity contribution < 1.29 is 18.7 Å². The van der Waals surface area contributed by atoms with Crippen LogP contribution in [0.2, 0.25) is 0 Å². The largest absolute Gasteiger partial charge is 0.474 e. The summed E-state index contributed by atoms with van der Waals surface area (Å²) >= 11 is 0. The number of amides is 3. The lowest BCUT2D eigenvalue weighted by atomic mass is 9.96. The van der Waals surface area contributed by atoms with Crippen LogP contribution in [0.25, 0.3) is 0 Å². The summed E-state index contributed by atoms with van der Waals surface area (Å²) < 4.78 is 19.1. The molecule has 7 heteroatoms. The average Bonchev–Trinajstić information content (AvgIpc) is 2.76. The van der Waals surface area contributed by atoms with Crippen molar-refractivity contribution in [3.63, 3.8) is 0 Å². The summed E-state index contributed by atoms with van der Waals surface area (Å²) in [6, 6.07) is 9.29. The first-order valence-corrected chi connectivity index (χ1v) is 10.5. The molecule has 1 aromatic carbocycles. The first kappa shape index (κ1) is 20.3. The highest BCUT2D eigenvalue weighted by atomic mass is 19.1. The van der Waals surface area contributed by atoms with E-state index in [4.69, 9.17) is 4.74 Å². The molecule has 0 bridgehead atoms. The molecule has 0 spiro atoms. The van der Waals surface area contributed by atoms with Gasteiger partial charge in [0.05, 0.1) is 12.5 Å². The Morgan fingerprint density at radius 2 is 1.83 bits per heavy atom. The quantitative estimate of drug-likeness (QED) is 0.784. The van der Waals surface area contributed by atoms with Gasteiger partial charge in [-0.05, 0) is 61.4 Å². The Kier molecular flexibility index (Phi) is 6.26. The molecular weight excluding hydrogens is 385 g/mol. The summed E-state index contributed by atoms with van der Waals surface area (Å²) in [5.74, 6) is -0.387. The van der Waals surface area contributed by atoms with Gasteiger partial charge in [0.1, 0.15) is 11.9 Å². The third-order valence-electron chi connectivity index (χ3n) is 5.74. The molecule has 1 aliphatic heterocycles. The predicted octanol–water partition coefficient (Wildman–Crippen LogP) is 3.84. The molecule has 1 saturated heterocycles. The number of pyridine rings is 1. The molecule has 2 fully saturated rings. The van der Waals surface area contributed by atoms with Crippen molar-refractivity contribution in [3.8, 4) is 5.88 Å². The fraction of sp³-hybridized carbons (Fsp3) is 0.435. The van der Waals surface area contributed by atoms with E-state index in [-0.39, 0.29) is 36.8 Å². The second kappa shape index (κ2) is 9.24. The summed E-state index contributed by atoms with van der Waals surface area (Å²) in [6.07, 6.45) is 7.93. The molecule has 1 aliphatic carbocycles. The molecule has 2 heterocycles. The lowest BCUT2D eigenvalue weighted by Crippen LogP contribution is -2.54. The first-order chi connectivity index (χ1) is 14.6. The fourth-order valence-corrected chi connectivity index (χ4v) is 4.08. The number of urea groups is 1. The Hall–Kier alpha value is -2.96. The molecular formula is C23H26FN3O3. The maximum absolute atomic E-state index is 13.1. The van der Waals surface area contributed by atoms with Gasteiger partial charge >= 0.3 is 6.03 Å². The van der Waals surface area contributed by atoms with Crippen LogP contribution in [-0.4, -0.2) is 34.5 Å². The molecule has 1 atom stereocenters. The van der Waals surface area contributed by atoms with Crippen molar-refractivity contribution in [3.05, 3.63) is 59.5 Å². The van der Waals surface area contributed by atoms with Gasteiger partial charge in [0, 0.05) is 18.8 Å². The number of aromatic nitrogens is 1. The van der Waals surface area contributed by atoms with E-state index in [9.17, 15) is 14.0 Å². The number of imide groups is 1. The minimum absolute atomic E-state index is 0.161. The van der Waals surface area contributed by atoms with E-state index in [1.165, 1.54) is 36.3 Å². The van der Waals surface area contributed by atoms with Crippen molar-refractivity contribution in [2.45, 2.75) is 51.2 Å². The van der Waals surface area contributed by atoms with Gasteiger partial charge in [-0.3, -0.25) is 9.69 Å². The van der Waals surface area contributed by atoms with E-state index in [2.05, 4.69) is 10.3 Å². The number of hydrogen-bond donors (Lipinski definition) is 1. The summed E-state index contributed by atoms with van der Waals surface area (Å²) in [7, 11) is 0. The van der Waals surface area contributed by atoms with Crippen molar-refractivity contribution in [2.75, 3.05) is 6.54 Å². The summed E-state index contributed by atoms with van der Waals surface area (Å²) in [5.41, 5.74) is 1.65. The summed E-state index contributed by atoms with van der Waals surface area (Å²) in [6.45, 7) is 0.437. The van der Waals surface area contributed by atoms with E-state index < -0.39 is 6.03 Å². The maximum Gasteiger partial charge on any atom is 0.324 e. The summed E-state index contributed by atoms with van der Waals surface area (Å²) in [5, 5.41) is 2.79. The van der Waals surface area contributed by atoms with Crippen LogP contribution in [0, 0.1) is 11.7 Å². The number of nitrogens with one attached hydrogen (secondary N) is 1. The van der Waals surface area contributed by atoms with Crippen molar-refractivity contribution >= 4 is 11.9 Å². The van der Waals surface area contributed by atoms with Crippen LogP contribution >= 0.6 is 0 Å². The zero-order chi connectivity index (χ0) is 20.9. The number of carbonyl (C=O) groups is 2. The number of carbonyl (C=O) groups excluding carboxylic acids is 2. The molecule has 2 aromatic rings. The molecule has 0 radical (unpaired) electrons. The fourth-order valence-electron chi connectivity index (χ4n) is 4.08. The third-order valence-corrected chi connectivity index (χ3v) is 5.74. The van der Waals surface area contributed by atoms with Crippen molar-refractivity contribution in [2.24, 2.45) is 5.92 Å². The van der Waals surface area contributed by atoms with Crippen LogP contribution in [0.3, 0.4) is 0 Å². The van der Waals surface area contributed by atoms with Gasteiger partial charge in [0.2, 0.25) is 11.8 Å². The number of nitrogens with zero attached hydrogens (tertiary/aromatic N) is 2. The van der Waals surface area contributed by atoms with Crippen LogP contribution in [0.4, 0.5) is 9.18 Å². The lowest BCUT2D eigenvalue weighted by molar-refractivity contribution is -0.134. The van der Waals surface area contributed by atoms with Crippen molar-refractivity contribution in [1.82, 2.24) is 15.2 Å². The Labute approximate surface area is 175 Å². The average molecular weight is 411 g/mol. The smallest absolute Gasteiger partial charge is 0.324 e. The normalized spacial score (nSPS) is 20.2. The molecule has 30 heavy (non-hydrogen) atoms. The number of benzene rings is 1. The Morgan fingerprint density at radius 3 is 2.60 bits per heavy atom. The predicted molar refractivity (Wildman–Crippen MR) is 109 cm³/mol. The second-order valence-corrected chi connectivity index (χ2v) is 8.02. The highest BCUT2D eigenvalue weighted by molar-refractivity contribution is 5.98. The van der Waals surface area contributed by atoms with Crippen LogP contribution < -0.4 is 10.1 Å². The zero-order valence-electron chi connectivity index (χ0n) is 16.9. The third kappa shape index (κ3) is 4.96. The first-order valence-electron chi connectivity index (χ1n) is 10.5. The number of hydrogen-bond acceptors (Lipinski definition) is 4. The molecule has 158 valence electrons. The van der Waals surface area contributed by atoms with E-state index in [1.807, 2.05) is 0 Å². The number of ether oxygens (including phenoxy) is 1. The SMILES string of the molecule is O=C1NCC(Cc2ccc(F)cc2)C(=O)N1Cc1ccnc(OC2CCCCC2)c1. The van der Waals surface area contributed by atoms with E-state index in [0.29, 0.717) is 12.3 Å². The van der Waals surface area contributed by atoms with Gasteiger partial charge in [-0.25, -0.2) is 14.2 Å². The lowest BCUT2D eigenvalue weighted by Gasteiger charge is -2.31. The van der Waals surface area contributed by atoms with Crippen molar-refractivity contribution in [1.29, 1.82) is 0 Å². The molecule has 4 rings (SSSR count). The zero-order valence-corrected chi connectivity index (χ0v) is 16.9. The second-order valence-electron chi connectivity index (χ2n) is 8.02. The van der Waals surface area contributed by atoms with Gasteiger partial charge in [0.25, 0.3) is 0 Å². The molecule has 1 unspecified atom stereocenters. The van der Waals surface area contributed by atoms with Crippen LogP contribution in [0.5, 0.6) is 5.88 Å². The minimum atomic E-state index is -0.401. The van der Waals surface area contributed by atoms with E-state index in [1.54, 1.807) is 30.5 Å². The minimum Gasteiger partial charge on any atom is -0.474 e. The van der Waals surface area contributed by atoms with Gasteiger partial charge in [-0.2, -0.15) is 0 Å².